The molecule has 3 aliphatic rings. The number of carbonyl (C=O) groups excluding carboxylic acids is 2. The van der Waals surface area contributed by atoms with Crippen molar-refractivity contribution in [3.8, 4) is 0 Å². The van der Waals surface area contributed by atoms with E-state index < -0.39 is 26.2 Å². The first-order valence-corrected chi connectivity index (χ1v) is 17.2. The van der Waals surface area contributed by atoms with E-state index in [2.05, 4.69) is 30.9 Å². The van der Waals surface area contributed by atoms with Gasteiger partial charge in [-0.15, -0.1) is 0 Å². The van der Waals surface area contributed by atoms with E-state index in [9.17, 15) is 14.2 Å². The van der Waals surface area contributed by atoms with Gasteiger partial charge in [-0.1, -0.05) is 25.1 Å². The van der Waals surface area contributed by atoms with E-state index in [0.717, 1.165) is 5.57 Å². The zero-order valence-electron chi connectivity index (χ0n) is 26.9. The lowest BCUT2D eigenvalue weighted by atomic mass is 10.2. The predicted molar refractivity (Wildman–Crippen MR) is 173 cm³/mol. The normalized spacial score (nSPS) is 25.3. The van der Waals surface area contributed by atoms with E-state index in [-0.39, 0.29) is 31.2 Å². The maximum absolute atomic E-state index is 14.6. The summed E-state index contributed by atoms with van der Waals surface area (Å²) in [5, 5.41) is 9.04. The highest BCUT2D eigenvalue weighted by Crippen LogP contribution is 2.54. The SMILES string of the molecule is CC[C@@H]1CN(P(=O)(OC[C@@H]2CNCC(n3cnc4c(NC(=O)c5ccccc5)ncnc43)O2)N(C)C)CC(N2C=C(C)CNC2=O)O1. The molecule has 3 aliphatic heterocycles. The van der Waals surface area contributed by atoms with Crippen LogP contribution in [0.1, 0.15) is 36.9 Å². The maximum atomic E-state index is 14.6. The van der Waals surface area contributed by atoms with Gasteiger partial charge < -0.3 is 29.9 Å². The molecule has 3 N–H and O–H groups in total. The Morgan fingerprint density at radius 3 is 2.66 bits per heavy atom. The second-order valence-corrected chi connectivity index (χ2v) is 14.5. The third-order valence-corrected chi connectivity index (χ3v) is 10.8. The van der Waals surface area contributed by atoms with Crippen LogP contribution in [0.4, 0.5) is 10.6 Å². The number of aromatic nitrogens is 4. The molecule has 1 aromatic carbocycles. The molecule has 2 fully saturated rings. The molecule has 2 aromatic heterocycles. The van der Waals surface area contributed by atoms with Crippen LogP contribution in [0.5, 0.6) is 0 Å². The summed E-state index contributed by atoms with van der Waals surface area (Å²) in [6.07, 6.45) is 3.61. The van der Waals surface area contributed by atoms with Gasteiger partial charge in [0.25, 0.3) is 5.91 Å². The highest BCUT2D eigenvalue weighted by Gasteiger charge is 2.44. The van der Waals surface area contributed by atoms with Crippen molar-refractivity contribution in [3.63, 3.8) is 0 Å². The lowest BCUT2D eigenvalue weighted by Gasteiger charge is -2.45. The molecular weight excluding hydrogens is 627 g/mol. The Bertz CT molecular complexity index is 1670. The standard InChI is InChI=1S/C30H41N10O6P/c1-5-22-15-38(16-25(45-22)39-14-20(2)11-32-30(39)42)47(43,37(3)4)44-17-23-12-31-13-24(46-23)40-19-35-26-27(33-18-34-28(26)40)36-29(41)21-9-7-6-8-10-21/h6-10,14,18-19,22-25,31H,5,11-13,15-17H2,1-4H3,(H,32,42)(H,33,34,36,41)/t22-,23+,24?,25?,47?/m1/s1. The van der Waals surface area contributed by atoms with Gasteiger partial charge in [-0.3, -0.25) is 18.8 Å². The van der Waals surface area contributed by atoms with Crippen LogP contribution >= 0.6 is 7.67 Å². The molecule has 0 spiro atoms. The fourth-order valence-corrected chi connectivity index (χ4v) is 7.74. The Balaban J connectivity index is 1.14. The van der Waals surface area contributed by atoms with Crippen LogP contribution in [0.2, 0.25) is 0 Å². The molecule has 5 atom stereocenters. The molecule has 6 rings (SSSR count). The maximum Gasteiger partial charge on any atom is 0.345 e. The number of rotatable bonds is 10. The lowest BCUT2D eigenvalue weighted by Crippen LogP contribution is -2.57. The van der Waals surface area contributed by atoms with Crippen LogP contribution < -0.4 is 16.0 Å². The van der Waals surface area contributed by atoms with Gasteiger partial charge >= 0.3 is 13.7 Å². The van der Waals surface area contributed by atoms with Crippen LogP contribution in [0.15, 0.2) is 54.8 Å². The lowest BCUT2D eigenvalue weighted by molar-refractivity contribution is -0.117. The Hall–Kier alpha value is -3.76. The number of anilines is 1. The fraction of sp³-hybridized carbons (Fsp3) is 0.500. The second kappa shape index (κ2) is 14.2. The summed E-state index contributed by atoms with van der Waals surface area (Å²) >= 11 is 0. The molecule has 47 heavy (non-hydrogen) atoms. The minimum absolute atomic E-state index is 0.0426. The number of nitrogens with zero attached hydrogens (tertiary/aromatic N) is 7. The molecule has 0 radical (unpaired) electrons. The third kappa shape index (κ3) is 7.09. The first-order chi connectivity index (χ1) is 22.7. The minimum Gasteiger partial charge on any atom is -0.352 e. The summed E-state index contributed by atoms with van der Waals surface area (Å²) in [6, 6.07) is 8.60. The first-order valence-electron chi connectivity index (χ1n) is 15.6. The van der Waals surface area contributed by atoms with Gasteiger partial charge in [-0.2, -0.15) is 0 Å². The number of carbonyl (C=O) groups is 2. The molecular formula is C30H41N10O6P. The van der Waals surface area contributed by atoms with Gasteiger partial charge in [0, 0.05) is 37.9 Å². The van der Waals surface area contributed by atoms with Gasteiger partial charge in [0.1, 0.15) is 12.6 Å². The van der Waals surface area contributed by atoms with Crippen LogP contribution in [0.25, 0.3) is 11.2 Å². The van der Waals surface area contributed by atoms with Crippen LogP contribution in [-0.2, 0) is 18.6 Å². The van der Waals surface area contributed by atoms with Gasteiger partial charge in [0.05, 0.1) is 31.7 Å². The molecule has 0 saturated carbocycles. The average molecular weight is 669 g/mol. The van der Waals surface area contributed by atoms with Gasteiger partial charge in [-0.05, 0) is 45.1 Å². The van der Waals surface area contributed by atoms with Gasteiger partial charge in [0.2, 0.25) is 0 Å². The summed E-state index contributed by atoms with van der Waals surface area (Å²) in [5.74, 6) is -0.0130. The molecule has 0 bridgehead atoms. The highest BCUT2D eigenvalue weighted by atomic mass is 31.2. The second-order valence-electron chi connectivity index (χ2n) is 11.9. The number of urea groups is 1. The minimum atomic E-state index is -3.55. The summed E-state index contributed by atoms with van der Waals surface area (Å²) in [7, 11) is -0.111. The van der Waals surface area contributed by atoms with Crippen molar-refractivity contribution in [3.05, 3.63) is 60.3 Å². The highest BCUT2D eigenvalue weighted by molar-refractivity contribution is 7.53. The monoisotopic (exact) mass is 668 g/mol. The molecule has 3 amide bonds. The summed E-state index contributed by atoms with van der Waals surface area (Å²) in [5.41, 5.74) is 2.41. The van der Waals surface area contributed by atoms with Gasteiger partial charge in [-0.25, -0.2) is 29.1 Å². The van der Waals surface area contributed by atoms with E-state index in [0.29, 0.717) is 55.1 Å². The summed E-state index contributed by atoms with van der Waals surface area (Å²) in [6.45, 7) is 5.99. The fourth-order valence-electron chi connectivity index (χ4n) is 5.75. The van der Waals surface area contributed by atoms with Crippen molar-refractivity contribution in [2.75, 3.05) is 58.7 Å². The largest absolute Gasteiger partial charge is 0.352 e. The van der Waals surface area contributed by atoms with Crippen LogP contribution in [-0.4, -0.2) is 118 Å². The van der Waals surface area contributed by atoms with Crippen molar-refractivity contribution in [1.29, 1.82) is 0 Å². The number of morpholine rings is 2. The van der Waals surface area contributed by atoms with Crippen molar-refractivity contribution in [2.45, 2.75) is 44.9 Å². The smallest absolute Gasteiger partial charge is 0.345 e. The molecule has 2 saturated heterocycles. The Morgan fingerprint density at radius 2 is 1.89 bits per heavy atom. The number of benzene rings is 1. The van der Waals surface area contributed by atoms with Crippen molar-refractivity contribution >= 4 is 36.6 Å². The van der Waals surface area contributed by atoms with Crippen molar-refractivity contribution in [1.82, 2.24) is 44.4 Å². The van der Waals surface area contributed by atoms with E-state index in [1.807, 2.05) is 19.9 Å². The number of nitrogens with one attached hydrogen (secondary N) is 3. The molecule has 0 aliphatic carbocycles. The molecule has 252 valence electrons. The van der Waals surface area contributed by atoms with E-state index in [1.165, 1.54) is 11.2 Å². The number of ether oxygens (including phenoxy) is 2. The topological polar surface area (TPSA) is 168 Å². The number of fused-ring (bicyclic) bond motifs is 1. The van der Waals surface area contributed by atoms with E-state index in [1.54, 1.807) is 64.8 Å². The Kier molecular flexibility index (Phi) is 9.98. The van der Waals surface area contributed by atoms with Crippen molar-refractivity contribution < 1.29 is 28.2 Å². The summed E-state index contributed by atoms with van der Waals surface area (Å²) in [4.78, 5) is 40.1. The Labute approximate surface area is 273 Å². The van der Waals surface area contributed by atoms with Crippen molar-refractivity contribution in [2.24, 2.45) is 0 Å². The first kappa shape index (κ1) is 33.2. The predicted octanol–water partition coefficient (Wildman–Crippen LogP) is 2.62. The zero-order chi connectivity index (χ0) is 33.1. The number of amides is 3. The quantitative estimate of drug-likeness (QED) is 0.271. The molecule has 16 nitrogen and oxygen atoms in total. The molecule has 3 aromatic rings. The molecule has 5 heterocycles. The third-order valence-electron chi connectivity index (χ3n) is 8.28. The zero-order valence-corrected chi connectivity index (χ0v) is 27.8. The number of hydrogen-bond acceptors (Lipinski definition) is 10. The number of imidazole rings is 1. The van der Waals surface area contributed by atoms with E-state index >= 15 is 0 Å². The average Bonchev–Trinajstić information content (AvgIpc) is 3.54. The van der Waals surface area contributed by atoms with Crippen LogP contribution in [0.3, 0.4) is 0 Å². The van der Waals surface area contributed by atoms with E-state index in [4.69, 9.17) is 14.0 Å². The number of hydrogen-bond donors (Lipinski definition) is 3. The molecule has 17 heteroatoms. The Morgan fingerprint density at radius 1 is 1.11 bits per heavy atom. The summed E-state index contributed by atoms with van der Waals surface area (Å²) < 4.78 is 38.6. The van der Waals surface area contributed by atoms with Gasteiger partial charge in [0.15, 0.2) is 23.2 Å². The van der Waals surface area contributed by atoms with Crippen LogP contribution in [0, 0.1) is 0 Å². The molecule has 3 unspecified atom stereocenters.